The second kappa shape index (κ2) is 7.75. The quantitative estimate of drug-likeness (QED) is 0.695. The molecule has 0 radical (unpaired) electrons. The van der Waals surface area contributed by atoms with Gasteiger partial charge in [-0.1, -0.05) is 12.1 Å². The highest BCUT2D eigenvalue weighted by Crippen LogP contribution is 2.30. The lowest BCUT2D eigenvalue weighted by atomic mass is 10.1. The van der Waals surface area contributed by atoms with Crippen molar-refractivity contribution in [3.8, 4) is 0 Å². The van der Waals surface area contributed by atoms with Gasteiger partial charge in [0.25, 0.3) is 0 Å². The van der Waals surface area contributed by atoms with Gasteiger partial charge < -0.3 is 5.32 Å². The average molecular weight is 426 g/mol. The molecule has 150 valence electrons. The topological polar surface area (TPSA) is 80.1 Å². The molecule has 0 amide bonds. The molecule has 3 heterocycles. The van der Waals surface area contributed by atoms with Crippen LogP contribution < -0.4 is 5.32 Å². The van der Waals surface area contributed by atoms with Crippen LogP contribution in [0.5, 0.6) is 0 Å². The Hall–Kier alpha value is -2.07. The fourth-order valence-electron chi connectivity index (χ4n) is 3.54. The number of aromatic nitrogens is 3. The van der Waals surface area contributed by atoms with Crippen LogP contribution in [0.4, 0.5) is 4.39 Å². The van der Waals surface area contributed by atoms with Crippen LogP contribution >= 0.6 is 12.4 Å². The molecule has 1 N–H and O–H groups in total. The van der Waals surface area contributed by atoms with Gasteiger partial charge in [0.15, 0.2) is 5.65 Å². The summed E-state index contributed by atoms with van der Waals surface area (Å²) in [6, 6.07) is 7.21. The van der Waals surface area contributed by atoms with E-state index in [4.69, 9.17) is 0 Å². The normalized spacial score (nSPS) is 18.2. The Morgan fingerprint density at radius 2 is 2.07 bits per heavy atom. The average Bonchev–Trinajstić information content (AvgIpc) is 2.95. The molecule has 1 aliphatic heterocycles. The number of halogens is 2. The van der Waals surface area contributed by atoms with Crippen LogP contribution in [0.15, 0.2) is 41.4 Å². The molecule has 1 aliphatic rings. The number of sulfonamides is 1. The van der Waals surface area contributed by atoms with E-state index in [-0.39, 0.29) is 23.1 Å². The van der Waals surface area contributed by atoms with E-state index in [1.165, 1.54) is 22.6 Å². The van der Waals surface area contributed by atoms with Crippen LogP contribution in [-0.2, 0) is 17.1 Å². The smallest absolute Gasteiger partial charge is 0.245 e. The number of rotatable bonds is 3. The van der Waals surface area contributed by atoms with E-state index in [9.17, 15) is 12.8 Å². The number of nitrogens with zero attached hydrogens (tertiary/aromatic N) is 4. The zero-order chi connectivity index (χ0) is 19.2. The molecule has 28 heavy (non-hydrogen) atoms. The molecule has 1 saturated heterocycles. The molecule has 1 fully saturated rings. The summed E-state index contributed by atoms with van der Waals surface area (Å²) in [5.74, 6) is -0.385. The van der Waals surface area contributed by atoms with E-state index < -0.39 is 16.1 Å². The van der Waals surface area contributed by atoms with Crippen molar-refractivity contribution in [2.75, 3.05) is 19.6 Å². The molecule has 4 rings (SSSR count). The molecule has 1 aromatic carbocycles. The third-order valence-electron chi connectivity index (χ3n) is 4.87. The molecule has 3 aromatic rings. The van der Waals surface area contributed by atoms with Crippen molar-refractivity contribution in [3.05, 3.63) is 53.6 Å². The zero-order valence-electron chi connectivity index (χ0n) is 15.5. The van der Waals surface area contributed by atoms with Crippen molar-refractivity contribution in [1.82, 2.24) is 24.4 Å². The van der Waals surface area contributed by atoms with Gasteiger partial charge in [-0.2, -0.15) is 9.40 Å². The summed E-state index contributed by atoms with van der Waals surface area (Å²) in [7, 11) is -2.03. The highest BCUT2D eigenvalue weighted by atomic mass is 35.5. The lowest BCUT2D eigenvalue weighted by Crippen LogP contribution is -2.48. The molecule has 0 saturated carbocycles. The molecule has 0 spiro atoms. The molecule has 0 aliphatic carbocycles. The molecule has 2 aromatic heterocycles. The van der Waals surface area contributed by atoms with E-state index in [0.29, 0.717) is 36.2 Å². The number of aryl methyl sites for hydroxylation is 2. The minimum atomic E-state index is -3.80. The van der Waals surface area contributed by atoms with Crippen LogP contribution in [0.1, 0.15) is 17.3 Å². The first-order chi connectivity index (χ1) is 12.9. The Morgan fingerprint density at radius 3 is 2.82 bits per heavy atom. The maximum atomic E-state index is 13.7. The van der Waals surface area contributed by atoms with Gasteiger partial charge in [-0.25, -0.2) is 17.8 Å². The molecule has 1 unspecified atom stereocenters. The van der Waals surface area contributed by atoms with Crippen LogP contribution in [-0.4, -0.2) is 47.1 Å². The number of pyridine rings is 1. The van der Waals surface area contributed by atoms with Crippen molar-refractivity contribution in [3.63, 3.8) is 0 Å². The lowest BCUT2D eigenvalue weighted by molar-refractivity contribution is 0.271. The predicted octanol–water partition coefficient (Wildman–Crippen LogP) is 2.17. The first-order valence-corrected chi connectivity index (χ1v) is 10.1. The zero-order valence-corrected chi connectivity index (χ0v) is 17.1. The fourth-order valence-corrected chi connectivity index (χ4v) is 5.12. The summed E-state index contributed by atoms with van der Waals surface area (Å²) < 4.78 is 43.4. The maximum Gasteiger partial charge on any atom is 0.245 e. The van der Waals surface area contributed by atoms with Gasteiger partial charge in [0.2, 0.25) is 10.0 Å². The Kier molecular flexibility index (Phi) is 5.72. The van der Waals surface area contributed by atoms with Gasteiger partial charge in [-0.05, 0) is 30.7 Å². The standard InChI is InChI=1S/C18H20FN5O2S.ClH/c1-12-16-9-15(10-21-18(16)23(2)22-12)27(25,26)24-7-6-20-11-17(24)13-4-3-5-14(19)8-13;/h3-5,8-10,17,20H,6-7,11H2,1-2H3;1H. The summed E-state index contributed by atoms with van der Waals surface area (Å²) >= 11 is 0. The van der Waals surface area contributed by atoms with Crippen molar-refractivity contribution >= 4 is 33.5 Å². The SMILES string of the molecule is Cc1nn(C)c2ncc(S(=O)(=O)N3CCNCC3c3cccc(F)c3)cc12.Cl. The Balaban J connectivity index is 0.00000225. The summed E-state index contributed by atoms with van der Waals surface area (Å²) in [5, 5.41) is 8.19. The number of nitrogens with one attached hydrogen (secondary N) is 1. The van der Waals surface area contributed by atoms with Gasteiger partial charge in [0.05, 0.1) is 11.7 Å². The van der Waals surface area contributed by atoms with Crippen molar-refractivity contribution in [2.24, 2.45) is 7.05 Å². The summed E-state index contributed by atoms with van der Waals surface area (Å²) in [4.78, 5) is 4.41. The Labute approximate surface area is 169 Å². The van der Waals surface area contributed by atoms with Crippen LogP contribution in [0.3, 0.4) is 0 Å². The minimum absolute atomic E-state index is 0. The maximum absolute atomic E-state index is 13.7. The van der Waals surface area contributed by atoms with Crippen molar-refractivity contribution < 1.29 is 12.8 Å². The van der Waals surface area contributed by atoms with Crippen LogP contribution in [0, 0.1) is 12.7 Å². The third kappa shape index (κ3) is 3.50. The Morgan fingerprint density at radius 1 is 1.29 bits per heavy atom. The second-order valence-electron chi connectivity index (χ2n) is 6.64. The summed E-state index contributed by atoms with van der Waals surface area (Å²) in [6.45, 7) is 3.07. The van der Waals surface area contributed by atoms with E-state index >= 15 is 0 Å². The highest BCUT2D eigenvalue weighted by molar-refractivity contribution is 7.89. The molecule has 10 heteroatoms. The summed E-state index contributed by atoms with van der Waals surface area (Å²) in [6.07, 6.45) is 1.36. The first kappa shape index (κ1) is 20.7. The van der Waals surface area contributed by atoms with Gasteiger partial charge >= 0.3 is 0 Å². The second-order valence-corrected chi connectivity index (χ2v) is 8.53. The number of fused-ring (bicyclic) bond motifs is 1. The van der Waals surface area contributed by atoms with Crippen molar-refractivity contribution in [1.29, 1.82) is 0 Å². The van der Waals surface area contributed by atoms with Gasteiger partial charge in [-0.3, -0.25) is 4.68 Å². The first-order valence-electron chi connectivity index (χ1n) is 8.65. The van der Waals surface area contributed by atoms with E-state index in [2.05, 4.69) is 15.4 Å². The van der Waals surface area contributed by atoms with Crippen LogP contribution in [0.25, 0.3) is 11.0 Å². The molecule has 0 bridgehead atoms. The minimum Gasteiger partial charge on any atom is -0.313 e. The van der Waals surface area contributed by atoms with Crippen LogP contribution in [0.2, 0.25) is 0 Å². The fraction of sp³-hybridized carbons (Fsp3) is 0.333. The molecule has 1 atom stereocenters. The van der Waals surface area contributed by atoms with Gasteiger partial charge in [0.1, 0.15) is 10.7 Å². The number of hydrogen-bond acceptors (Lipinski definition) is 5. The van der Waals surface area contributed by atoms with Gasteiger partial charge in [-0.15, -0.1) is 12.4 Å². The van der Waals surface area contributed by atoms with E-state index in [1.54, 1.807) is 29.9 Å². The van der Waals surface area contributed by atoms with E-state index in [1.807, 2.05) is 6.92 Å². The Bertz CT molecular complexity index is 1120. The highest BCUT2D eigenvalue weighted by Gasteiger charge is 2.35. The van der Waals surface area contributed by atoms with E-state index in [0.717, 1.165) is 5.69 Å². The molecule has 7 nitrogen and oxygen atoms in total. The van der Waals surface area contributed by atoms with Crippen molar-refractivity contribution in [2.45, 2.75) is 17.9 Å². The number of piperazine rings is 1. The molecular weight excluding hydrogens is 405 g/mol. The summed E-state index contributed by atoms with van der Waals surface area (Å²) in [5.41, 5.74) is 1.98. The van der Waals surface area contributed by atoms with Gasteiger partial charge in [0, 0.05) is 38.3 Å². The number of benzene rings is 1. The monoisotopic (exact) mass is 425 g/mol. The molecular formula is C18H21ClFN5O2S. The third-order valence-corrected chi connectivity index (χ3v) is 6.75. The predicted molar refractivity (Wildman–Crippen MR) is 106 cm³/mol. The number of hydrogen-bond donors (Lipinski definition) is 1. The largest absolute Gasteiger partial charge is 0.313 e. The lowest BCUT2D eigenvalue weighted by Gasteiger charge is -2.35.